The van der Waals surface area contributed by atoms with Gasteiger partial charge in [0.25, 0.3) is 11.8 Å². The Morgan fingerprint density at radius 2 is 1.83 bits per heavy atom. The number of hydrogen-bond acceptors (Lipinski definition) is 4. The van der Waals surface area contributed by atoms with E-state index in [9.17, 15) is 9.59 Å². The maximum Gasteiger partial charge on any atom is 0.281 e. The summed E-state index contributed by atoms with van der Waals surface area (Å²) < 4.78 is 0.682. The van der Waals surface area contributed by atoms with Gasteiger partial charge in [-0.1, -0.05) is 34.8 Å². The molecule has 3 rings (SSSR count). The number of rotatable bonds is 2. The van der Waals surface area contributed by atoms with Crippen LogP contribution in [-0.2, 0) is 0 Å². The Balaban J connectivity index is 1.81. The normalized spacial score (nSPS) is 10.6. The first-order chi connectivity index (χ1) is 11.5. The van der Waals surface area contributed by atoms with Gasteiger partial charge in [0.05, 0.1) is 15.6 Å². The highest BCUT2D eigenvalue weighted by atomic mass is 35.5. The van der Waals surface area contributed by atoms with Crippen LogP contribution in [0.25, 0.3) is 10.1 Å². The number of fused-ring (bicyclic) bond motifs is 1. The van der Waals surface area contributed by atoms with Crippen molar-refractivity contribution in [3.05, 3.63) is 62.2 Å². The molecule has 24 heavy (non-hydrogen) atoms. The third-order valence-corrected chi connectivity index (χ3v) is 5.21. The van der Waals surface area contributed by atoms with Crippen molar-refractivity contribution in [1.29, 1.82) is 0 Å². The molecule has 0 aliphatic heterocycles. The van der Waals surface area contributed by atoms with E-state index >= 15 is 0 Å². The predicted molar refractivity (Wildman–Crippen MR) is 96.0 cm³/mol. The fourth-order valence-corrected chi connectivity index (χ4v) is 4.27. The molecule has 2 N–H and O–H groups in total. The van der Waals surface area contributed by atoms with Crippen LogP contribution in [0.1, 0.15) is 20.0 Å². The molecule has 3 aromatic rings. The summed E-state index contributed by atoms with van der Waals surface area (Å²) in [6, 6.07) is 6.41. The second-order valence-corrected chi connectivity index (χ2v) is 6.93. The van der Waals surface area contributed by atoms with Crippen molar-refractivity contribution >= 4 is 68.0 Å². The van der Waals surface area contributed by atoms with E-state index in [0.29, 0.717) is 25.7 Å². The van der Waals surface area contributed by atoms with Crippen LogP contribution in [0.2, 0.25) is 15.1 Å². The Morgan fingerprint density at radius 3 is 2.54 bits per heavy atom. The number of benzene rings is 1. The minimum Gasteiger partial charge on any atom is -0.267 e. The molecule has 0 spiro atoms. The van der Waals surface area contributed by atoms with Gasteiger partial charge in [0.15, 0.2) is 0 Å². The lowest BCUT2D eigenvalue weighted by molar-refractivity contribution is 0.0849. The third-order valence-electron chi connectivity index (χ3n) is 3.07. The van der Waals surface area contributed by atoms with Gasteiger partial charge in [-0.05, 0) is 24.3 Å². The van der Waals surface area contributed by atoms with Crippen molar-refractivity contribution in [3.8, 4) is 0 Å². The van der Waals surface area contributed by atoms with Crippen molar-refractivity contribution < 1.29 is 9.59 Å². The number of halogens is 3. The molecule has 0 unspecified atom stereocenters. The number of thiophene rings is 1. The van der Waals surface area contributed by atoms with E-state index < -0.39 is 11.8 Å². The number of aromatic nitrogens is 1. The van der Waals surface area contributed by atoms with Gasteiger partial charge in [0.1, 0.15) is 4.88 Å². The number of nitrogens with one attached hydrogen (secondary N) is 2. The number of nitrogens with zero attached hydrogens (tertiary/aromatic N) is 1. The molecule has 0 fully saturated rings. The summed E-state index contributed by atoms with van der Waals surface area (Å²) in [5, 5.41) is 1.57. The van der Waals surface area contributed by atoms with Gasteiger partial charge >= 0.3 is 0 Å². The summed E-state index contributed by atoms with van der Waals surface area (Å²) >= 11 is 19.4. The maximum absolute atomic E-state index is 12.3. The molecule has 0 radical (unpaired) electrons. The molecular weight excluding hydrogens is 393 g/mol. The summed E-state index contributed by atoms with van der Waals surface area (Å²) in [4.78, 5) is 28.2. The predicted octanol–water partition coefficient (Wildman–Crippen LogP) is 4.33. The molecule has 0 saturated carbocycles. The molecule has 2 aromatic heterocycles. The number of carbonyl (C=O) groups excluding carboxylic acids is 2. The molecule has 0 aliphatic carbocycles. The minimum absolute atomic E-state index is 0.213. The van der Waals surface area contributed by atoms with E-state index in [0.717, 1.165) is 11.3 Å². The Bertz CT molecular complexity index is 944. The monoisotopic (exact) mass is 399 g/mol. The Kier molecular flexibility index (Phi) is 4.91. The fraction of sp³-hybridized carbons (Fsp3) is 0. The topological polar surface area (TPSA) is 71.1 Å². The smallest absolute Gasteiger partial charge is 0.267 e. The summed E-state index contributed by atoms with van der Waals surface area (Å²) in [5.41, 5.74) is 4.94. The third kappa shape index (κ3) is 3.32. The number of hydrazine groups is 1. The highest BCUT2D eigenvalue weighted by Crippen LogP contribution is 2.41. The van der Waals surface area contributed by atoms with Crippen molar-refractivity contribution in [1.82, 2.24) is 15.8 Å². The first kappa shape index (κ1) is 17.0. The molecule has 0 bridgehead atoms. The van der Waals surface area contributed by atoms with Crippen LogP contribution < -0.4 is 10.9 Å². The van der Waals surface area contributed by atoms with Gasteiger partial charge in [0.2, 0.25) is 0 Å². The van der Waals surface area contributed by atoms with E-state index in [1.54, 1.807) is 30.5 Å². The molecule has 0 saturated heterocycles. The zero-order valence-corrected chi connectivity index (χ0v) is 14.9. The van der Waals surface area contributed by atoms with Gasteiger partial charge in [-0.15, -0.1) is 11.3 Å². The molecule has 1 aromatic carbocycles. The average molecular weight is 401 g/mol. The van der Waals surface area contributed by atoms with Crippen LogP contribution in [0.15, 0.2) is 36.7 Å². The van der Waals surface area contributed by atoms with E-state index in [2.05, 4.69) is 15.8 Å². The lowest BCUT2D eigenvalue weighted by Crippen LogP contribution is -2.41. The van der Waals surface area contributed by atoms with Crippen molar-refractivity contribution in [3.63, 3.8) is 0 Å². The molecule has 0 aliphatic rings. The lowest BCUT2D eigenvalue weighted by Gasteiger charge is -2.06. The van der Waals surface area contributed by atoms with Crippen LogP contribution in [0, 0.1) is 0 Å². The second kappa shape index (κ2) is 6.94. The van der Waals surface area contributed by atoms with Gasteiger partial charge in [-0.25, -0.2) is 0 Å². The van der Waals surface area contributed by atoms with E-state index in [1.807, 2.05) is 0 Å². The standard InChI is InChI=1S/C15H8Cl3N3O2S/c16-8-4-9(17)11-10(5-8)24-13(12(11)18)15(23)21-20-14(22)7-2-1-3-19-6-7/h1-6H,(H,20,22)(H,21,23). The number of carbonyl (C=O) groups is 2. The maximum atomic E-state index is 12.3. The summed E-state index contributed by atoms with van der Waals surface area (Å²) in [6.07, 6.45) is 2.93. The molecule has 2 amide bonds. The first-order valence-electron chi connectivity index (χ1n) is 6.55. The number of amides is 2. The summed E-state index contributed by atoms with van der Waals surface area (Å²) in [7, 11) is 0. The highest BCUT2D eigenvalue weighted by molar-refractivity contribution is 7.21. The Morgan fingerprint density at radius 1 is 1.08 bits per heavy atom. The average Bonchev–Trinajstić information content (AvgIpc) is 2.90. The SMILES string of the molecule is O=C(NNC(=O)c1sc2cc(Cl)cc(Cl)c2c1Cl)c1cccnc1. The highest BCUT2D eigenvalue weighted by Gasteiger charge is 2.20. The van der Waals surface area contributed by atoms with Crippen LogP contribution in [0.4, 0.5) is 0 Å². The van der Waals surface area contributed by atoms with Crippen molar-refractivity contribution in [2.75, 3.05) is 0 Å². The summed E-state index contributed by atoms with van der Waals surface area (Å²) in [6.45, 7) is 0. The van der Waals surface area contributed by atoms with Crippen LogP contribution >= 0.6 is 46.1 Å². The van der Waals surface area contributed by atoms with Gasteiger partial charge < -0.3 is 0 Å². The van der Waals surface area contributed by atoms with Crippen molar-refractivity contribution in [2.24, 2.45) is 0 Å². The van der Waals surface area contributed by atoms with Gasteiger partial charge in [-0.3, -0.25) is 25.4 Å². The van der Waals surface area contributed by atoms with Gasteiger partial charge in [-0.2, -0.15) is 0 Å². The molecule has 9 heteroatoms. The molecule has 122 valence electrons. The Hall–Kier alpha value is -1.86. The fourth-order valence-electron chi connectivity index (χ4n) is 2.00. The lowest BCUT2D eigenvalue weighted by atomic mass is 10.2. The number of hydrogen-bond donors (Lipinski definition) is 2. The molecule has 2 heterocycles. The van der Waals surface area contributed by atoms with Gasteiger partial charge in [0, 0.05) is 27.5 Å². The van der Waals surface area contributed by atoms with E-state index in [4.69, 9.17) is 34.8 Å². The second-order valence-electron chi connectivity index (χ2n) is 4.66. The minimum atomic E-state index is -0.550. The largest absolute Gasteiger partial charge is 0.281 e. The molecular formula is C15H8Cl3N3O2S. The van der Waals surface area contributed by atoms with E-state index in [1.165, 1.54) is 6.20 Å². The molecule has 0 atom stereocenters. The van der Waals surface area contributed by atoms with Crippen LogP contribution in [0.5, 0.6) is 0 Å². The van der Waals surface area contributed by atoms with Crippen LogP contribution in [-0.4, -0.2) is 16.8 Å². The number of pyridine rings is 1. The first-order valence-corrected chi connectivity index (χ1v) is 8.50. The quantitative estimate of drug-likeness (QED) is 0.629. The van der Waals surface area contributed by atoms with E-state index in [-0.39, 0.29) is 9.90 Å². The van der Waals surface area contributed by atoms with Crippen molar-refractivity contribution in [2.45, 2.75) is 0 Å². The Labute approximate surface area is 155 Å². The zero-order chi connectivity index (χ0) is 17.3. The molecule has 5 nitrogen and oxygen atoms in total. The zero-order valence-electron chi connectivity index (χ0n) is 11.8. The summed E-state index contributed by atoms with van der Waals surface area (Å²) in [5.74, 6) is -1.04. The van der Waals surface area contributed by atoms with Crippen LogP contribution in [0.3, 0.4) is 0 Å².